The minimum Gasteiger partial charge on any atom is -0.369 e. The number of hydrogen-bond acceptors (Lipinski definition) is 6. The fourth-order valence-electron chi connectivity index (χ4n) is 5.83. The van der Waals surface area contributed by atoms with Crippen molar-refractivity contribution in [3.05, 3.63) is 29.8 Å². The van der Waals surface area contributed by atoms with Crippen LogP contribution in [0.4, 0.5) is 5.69 Å². The monoisotopic (exact) mass is 525 g/mol. The third-order valence-electron chi connectivity index (χ3n) is 7.88. The van der Waals surface area contributed by atoms with Crippen molar-refractivity contribution in [1.29, 1.82) is 0 Å². The number of ketones is 1. The van der Waals surface area contributed by atoms with Crippen molar-refractivity contribution in [3.8, 4) is 0 Å². The predicted octanol–water partition coefficient (Wildman–Crippen LogP) is 2.06. The summed E-state index contributed by atoms with van der Waals surface area (Å²) < 4.78 is 0. The molecule has 3 fully saturated rings. The van der Waals surface area contributed by atoms with Gasteiger partial charge in [0, 0.05) is 50.4 Å². The van der Waals surface area contributed by atoms with Gasteiger partial charge in [0.1, 0.15) is 12.1 Å². The second kappa shape index (κ2) is 12.3. The highest BCUT2D eigenvalue weighted by atomic mass is 16.2. The molecule has 38 heavy (non-hydrogen) atoms. The fourth-order valence-corrected chi connectivity index (χ4v) is 5.83. The molecule has 1 aromatic carbocycles. The molecule has 1 aromatic rings. The summed E-state index contributed by atoms with van der Waals surface area (Å²) in [6.45, 7) is 12.4. The van der Waals surface area contributed by atoms with Gasteiger partial charge in [0.15, 0.2) is 5.78 Å². The average Bonchev–Trinajstić information content (AvgIpc) is 3.48. The highest BCUT2D eigenvalue weighted by Crippen LogP contribution is 2.31. The Balaban J connectivity index is 1.43. The highest BCUT2D eigenvalue weighted by Gasteiger charge is 2.52. The van der Waals surface area contributed by atoms with E-state index >= 15 is 0 Å². The molecule has 9 heteroatoms. The lowest BCUT2D eigenvalue weighted by molar-refractivity contribution is -0.138. The molecule has 3 aliphatic heterocycles. The number of nitrogens with one attached hydrogen (secondary N) is 2. The number of nitrogens with zero attached hydrogens (tertiary/aromatic N) is 3. The Morgan fingerprint density at radius 2 is 1.66 bits per heavy atom. The molecule has 3 unspecified atom stereocenters. The number of carbonyl (C=O) groups excluding carboxylic acids is 4. The lowest BCUT2D eigenvalue weighted by Crippen LogP contribution is -2.53. The number of carbonyl (C=O) groups is 4. The zero-order valence-corrected chi connectivity index (χ0v) is 23.2. The van der Waals surface area contributed by atoms with Crippen LogP contribution >= 0.6 is 0 Å². The van der Waals surface area contributed by atoms with Crippen LogP contribution in [-0.4, -0.2) is 90.7 Å². The molecular formula is C29H43N5O4. The third kappa shape index (κ3) is 6.37. The smallest absolute Gasteiger partial charge is 0.251 e. The molecule has 3 heterocycles. The maximum atomic E-state index is 13.7. The van der Waals surface area contributed by atoms with Gasteiger partial charge in [-0.05, 0) is 55.4 Å². The van der Waals surface area contributed by atoms with E-state index in [1.807, 2.05) is 26.0 Å². The SMILES string of the molecule is CC(C)CCC(=O)N1CC(=O)C2C1CCN2C(=O)C(CC(C)C)NC(=O)c1ccc(N2CCNCC2)cc1. The largest absolute Gasteiger partial charge is 0.369 e. The lowest BCUT2D eigenvalue weighted by Gasteiger charge is -2.30. The van der Waals surface area contributed by atoms with Crippen LogP contribution in [-0.2, 0) is 14.4 Å². The van der Waals surface area contributed by atoms with Crippen LogP contribution in [0.1, 0.15) is 63.7 Å². The topological polar surface area (TPSA) is 102 Å². The number of amides is 3. The molecule has 0 bridgehead atoms. The maximum Gasteiger partial charge on any atom is 0.251 e. The van der Waals surface area contributed by atoms with Crippen LogP contribution in [0.3, 0.4) is 0 Å². The number of rotatable bonds is 9. The normalized spacial score (nSPS) is 22.3. The van der Waals surface area contributed by atoms with E-state index in [9.17, 15) is 19.2 Å². The van der Waals surface area contributed by atoms with E-state index in [1.54, 1.807) is 21.9 Å². The highest BCUT2D eigenvalue weighted by molar-refractivity contribution is 6.01. The first kappa shape index (κ1) is 28.1. The van der Waals surface area contributed by atoms with Gasteiger partial charge in [0.05, 0.1) is 12.6 Å². The maximum absolute atomic E-state index is 13.7. The van der Waals surface area contributed by atoms with Crippen LogP contribution < -0.4 is 15.5 Å². The van der Waals surface area contributed by atoms with Crippen molar-refractivity contribution < 1.29 is 19.2 Å². The molecule has 3 amide bonds. The van der Waals surface area contributed by atoms with Gasteiger partial charge < -0.3 is 25.3 Å². The standard InChI is InChI=1S/C29H43N5O4/c1-19(2)5-10-26(36)34-18-25(35)27-24(34)11-14-33(27)29(38)23(17-20(3)4)31-28(37)21-6-8-22(9-7-21)32-15-12-30-13-16-32/h6-9,19-20,23-24,27,30H,5,10-18H2,1-4H3,(H,31,37). The first-order valence-electron chi connectivity index (χ1n) is 14.1. The molecule has 0 radical (unpaired) electrons. The van der Waals surface area contributed by atoms with Crippen LogP contribution in [0, 0.1) is 11.8 Å². The zero-order valence-electron chi connectivity index (χ0n) is 23.2. The van der Waals surface area contributed by atoms with Crippen molar-refractivity contribution in [2.24, 2.45) is 11.8 Å². The molecule has 3 saturated heterocycles. The number of likely N-dealkylation sites (tertiary alicyclic amines) is 2. The summed E-state index contributed by atoms with van der Waals surface area (Å²) in [6, 6.07) is 5.90. The summed E-state index contributed by atoms with van der Waals surface area (Å²) in [7, 11) is 0. The number of piperazine rings is 1. The molecule has 2 N–H and O–H groups in total. The second-order valence-electron chi connectivity index (χ2n) is 11.7. The summed E-state index contributed by atoms with van der Waals surface area (Å²) in [4.78, 5) is 58.3. The van der Waals surface area contributed by atoms with Crippen LogP contribution in [0.5, 0.6) is 0 Å². The van der Waals surface area contributed by atoms with E-state index in [0.29, 0.717) is 37.3 Å². The minimum absolute atomic E-state index is 0.00912. The Hall–Kier alpha value is -2.94. The first-order valence-corrected chi connectivity index (χ1v) is 14.1. The van der Waals surface area contributed by atoms with Crippen molar-refractivity contribution >= 4 is 29.2 Å². The first-order chi connectivity index (χ1) is 18.2. The Morgan fingerprint density at radius 1 is 0.974 bits per heavy atom. The zero-order chi connectivity index (χ0) is 27.4. The van der Waals surface area contributed by atoms with Gasteiger partial charge in [-0.2, -0.15) is 0 Å². The second-order valence-corrected chi connectivity index (χ2v) is 11.7. The van der Waals surface area contributed by atoms with Crippen molar-refractivity contribution in [2.75, 3.05) is 44.2 Å². The summed E-state index contributed by atoms with van der Waals surface area (Å²) >= 11 is 0. The molecule has 0 saturated carbocycles. The van der Waals surface area contributed by atoms with E-state index < -0.39 is 12.1 Å². The summed E-state index contributed by atoms with van der Waals surface area (Å²) in [5, 5.41) is 6.29. The predicted molar refractivity (Wildman–Crippen MR) is 147 cm³/mol. The lowest BCUT2D eigenvalue weighted by atomic mass is 10.0. The van der Waals surface area contributed by atoms with E-state index in [0.717, 1.165) is 38.3 Å². The molecular weight excluding hydrogens is 482 g/mol. The van der Waals surface area contributed by atoms with Gasteiger partial charge in [-0.1, -0.05) is 27.7 Å². The van der Waals surface area contributed by atoms with Gasteiger partial charge >= 0.3 is 0 Å². The molecule has 9 nitrogen and oxygen atoms in total. The molecule has 0 spiro atoms. The van der Waals surface area contributed by atoms with Gasteiger partial charge in [-0.15, -0.1) is 0 Å². The molecule has 0 aliphatic carbocycles. The van der Waals surface area contributed by atoms with Gasteiger partial charge in [-0.3, -0.25) is 19.2 Å². The van der Waals surface area contributed by atoms with Gasteiger partial charge in [0.2, 0.25) is 11.8 Å². The molecule has 3 atom stereocenters. The summed E-state index contributed by atoms with van der Waals surface area (Å²) in [6.07, 6.45) is 2.26. The van der Waals surface area contributed by atoms with E-state index in [-0.39, 0.29) is 42.0 Å². The van der Waals surface area contributed by atoms with Crippen molar-refractivity contribution in [3.63, 3.8) is 0 Å². The minimum atomic E-state index is -0.729. The molecule has 4 rings (SSSR count). The quantitative estimate of drug-likeness (QED) is 0.512. The Bertz CT molecular complexity index is 1020. The van der Waals surface area contributed by atoms with E-state index in [2.05, 4.69) is 29.4 Å². The van der Waals surface area contributed by atoms with Crippen molar-refractivity contribution in [2.45, 2.75) is 71.5 Å². The Kier molecular flexibility index (Phi) is 9.07. The van der Waals surface area contributed by atoms with Crippen LogP contribution in [0.15, 0.2) is 24.3 Å². The number of hydrogen-bond donors (Lipinski definition) is 2. The van der Waals surface area contributed by atoms with Crippen molar-refractivity contribution in [1.82, 2.24) is 20.4 Å². The molecule has 3 aliphatic rings. The summed E-state index contributed by atoms with van der Waals surface area (Å²) in [5.41, 5.74) is 1.58. The van der Waals surface area contributed by atoms with Gasteiger partial charge in [-0.25, -0.2) is 0 Å². The Labute approximate surface area is 226 Å². The number of Topliss-reactive ketones (excluding diaryl/α,β-unsaturated/α-hetero) is 1. The number of anilines is 1. The third-order valence-corrected chi connectivity index (χ3v) is 7.88. The van der Waals surface area contributed by atoms with Gasteiger partial charge in [0.25, 0.3) is 5.91 Å². The average molecular weight is 526 g/mol. The molecule has 208 valence electrons. The molecule has 0 aromatic heterocycles. The number of fused-ring (bicyclic) bond motifs is 1. The summed E-state index contributed by atoms with van der Waals surface area (Å²) in [5.74, 6) is -0.0433. The number of benzene rings is 1. The van der Waals surface area contributed by atoms with Crippen LogP contribution in [0.2, 0.25) is 0 Å². The fraction of sp³-hybridized carbons (Fsp3) is 0.655. The van der Waals surface area contributed by atoms with E-state index in [4.69, 9.17) is 0 Å². The van der Waals surface area contributed by atoms with E-state index in [1.165, 1.54) is 0 Å². The Morgan fingerprint density at radius 3 is 2.29 bits per heavy atom. The van der Waals surface area contributed by atoms with Crippen LogP contribution in [0.25, 0.3) is 0 Å².